The van der Waals surface area contributed by atoms with Crippen LogP contribution < -0.4 is 14.8 Å². The van der Waals surface area contributed by atoms with Crippen LogP contribution in [-0.2, 0) is 21.5 Å². The van der Waals surface area contributed by atoms with Crippen molar-refractivity contribution in [2.24, 2.45) is 0 Å². The van der Waals surface area contributed by atoms with Crippen molar-refractivity contribution in [3.8, 4) is 11.5 Å². The molecule has 7 heteroatoms. The van der Waals surface area contributed by atoms with Crippen molar-refractivity contribution in [1.29, 1.82) is 0 Å². The van der Waals surface area contributed by atoms with E-state index in [0.29, 0.717) is 23.7 Å². The van der Waals surface area contributed by atoms with Crippen LogP contribution in [0.25, 0.3) is 0 Å². The summed E-state index contributed by atoms with van der Waals surface area (Å²) in [6.07, 6.45) is 4.39. The number of amides is 1. The number of nitrogens with zero attached hydrogens (tertiary/aromatic N) is 1. The van der Waals surface area contributed by atoms with Crippen LogP contribution in [0.4, 0.5) is 0 Å². The summed E-state index contributed by atoms with van der Waals surface area (Å²) in [5.74, 6) is 1.72. The van der Waals surface area contributed by atoms with Crippen LogP contribution in [0.3, 0.4) is 0 Å². The second-order valence-electron chi connectivity index (χ2n) is 9.24. The molecule has 0 radical (unpaired) electrons. The zero-order chi connectivity index (χ0) is 22.7. The Bertz CT molecular complexity index is 978. The van der Waals surface area contributed by atoms with E-state index in [1.54, 1.807) is 0 Å². The van der Waals surface area contributed by atoms with Gasteiger partial charge in [0.05, 0.1) is 0 Å². The number of halogens is 1. The lowest BCUT2D eigenvalue weighted by Crippen LogP contribution is -2.48. The minimum Gasteiger partial charge on any atom is -0.454 e. The molecule has 0 unspecified atom stereocenters. The standard InChI is InChI=1S/C26H31ClN2O4/c27-22-15-24-23(32-18-33-24)14-19(22)16-28-11-8-21-6-7-25(30)29(21)17-26(9-12-31-13-10-26)20-4-2-1-3-5-20/h1-5,14-15,21,28H,6-13,16-18H2/t21-/m0/s1. The molecule has 1 atom stereocenters. The molecule has 5 rings (SSSR count). The summed E-state index contributed by atoms with van der Waals surface area (Å²) in [5, 5.41) is 4.18. The number of carbonyl (C=O) groups is 1. The summed E-state index contributed by atoms with van der Waals surface area (Å²) in [6.45, 7) is 3.99. The molecule has 1 amide bonds. The zero-order valence-electron chi connectivity index (χ0n) is 18.9. The minimum atomic E-state index is -0.0226. The maximum Gasteiger partial charge on any atom is 0.231 e. The van der Waals surface area contributed by atoms with Crippen LogP contribution in [0.15, 0.2) is 42.5 Å². The number of hydrogen-bond donors (Lipinski definition) is 1. The summed E-state index contributed by atoms with van der Waals surface area (Å²) in [4.78, 5) is 15.0. The van der Waals surface area contributed by atoms with Crippen LogP contribution in [0.5, 0.6) is 11.5 Å². The molecule has 0 bridgehead atoms. The van der Waals surface area contributed by atoms with Gasteiger partial charge in [-0.05, 0) is 49.4 Å². The predicted octanol–water partition coefficient (Wildman–Crippen LogP) is 4.29. The lowest BCUT2D eigenvalue weighted by atomic mass is 9.73. The smallest absolute Gasteiger partial charge is 0.231 e. The Morgan fingerprint density at radius 1 is 1.09 bits per heavy atom. The number of benzene rings is 2. The topological polar surface area (TPSA) is 60.0 Å². The highest BCUT2D eigenvalue weighted by Crippen LogP contribution is 2.39. The van der Waals surface area contributed by atoms with E-state index in [2.05, 4.69) is 40.5 Å². The average Bonchev–Trinajstić information content (AvgIpc) is 3.44. The van der Waals surface area contributed by atoms with Crippen molar-refractivity contribution in [3.63, 3.8) is 0 Å². The van der Waals surface area contributed by atoms with Gasteiger partial charge in [0, 0.05) is 55.3 Å². The molecule has 33 heavy (non-hydrogen) atoms. The van der Waals surface area contributed by atoms with E-state index in [9.17, 15) is 4.79 Å². The molecular weight excluding hydrogens is 440 g/mol. The van der Waals surface area contributed by atoms with Crippen molar-refractivity contribution in [2.75, 3.05) is 33.1 Å². The van der Waals surface area contributed by atoms with Crippen LogP contribution in [0.1, 0.15) is 43.2 Å². The Hall–Kier alpha value is -2.28. The lowest BCUT2D eigenvalue weighted by molar-refractivity contribution is -0.130. The second-order valence-corrected chi connectivity index (χ2v) is 9.64. The van der Waals surface area contributed by atoms with Gasteiger partial charge in [-0.1, -0.05) is 41.9 Å². The Kier molecular flexibility index (Phi) is 6.76. The van der Waals surface area contributed by atoms with Gasteiger partial charge in [0.1, 0.15) is 0 Å². The number of likely N-dealkylation sites (tertiary alicyclic amines) is 1. The quantitative estimate of drug-likeness (QED) is 0.583. The van der Waals surface area contributed by atoms with Gasteiger partial charge in [-0.2, -0.15) is 0 Å². The minimum absolute atomic E-state index is 0.0226. The zero-order valence-corrected chi connectivity index (χ0v) is 19.6. The van der Waals surface area contributed by atoms with E-state index in [4.69, 9.17) is 25.8 Å². The van der Waals surface area contributed by atoms with Crippen LogP contribution in [0.2, 0.25) is 5.02 Å². The van der Waals surface area contributed by atoms with Crippen molar-refractivity contribution < 1.29 is 19.0 Å². The van der Waals surface area contributed by atoms with Crippen LogP contribution in [-0.4, -0.2) is 49.9 Å². The van der Waals surface area contributed by atoms with Crippen molar-refractivity contribution >= 4 is 17.5 Å². The molecule has 1 N–H and O–H groups in total. The van der Waals surface area contributed by atoms with Gasteiger partial charge < -0.3 is 24.4 Å². The van der Waals surface area contributed by atoms with Gasteiger partial charge >= 0.3 is 0 Å². The average molecular weight is 471 g/mol. The highest BCUT2D eigenvalue weighted by Gasteiger charge is 2.41. The fraction of sp³-hybridized carbons (Fsp3) is 0.500. The van der Waals surface area contributed by atoms with Crippen LogP contribution >= 0.6 is 11.6 Å². The third-order valence-electron chi connectivity index (χ3n) is 7.27. The van der Waals surface area contributed by atoms with Gasteiger partial charge in [0.2, 0.25) is 12.7 Å². The SMILES string of the molecule is O=C1CC[C@@H](CCNCc2cc3c(cc2Cl)OCO3)N1CC1(c2ccccc2)CCOCC1. The van der Waals surface area contributed by atoms with E-state index in [0.717, 1.165) is 63.3 Å². The first-order chi connectivity index (χ1) is 16.1. The Morgan fingerprint density at radius 3 is 2.64 bits per heavy atom. The van der Waals surface area contributed by atoms with E-state index in [1.165, 1.54) is 5.56 Å². The molecule has 2 fully saturated rings. The van der Waals surface area contributed by atoms with Gasteiger partial charge in [0.15, 0.2) is 11.5 Å². The predicted molar refractivity (Wildman–Crippen MR) is 127 cm³/mol. The third-order valence-corrected chi connectivity index (χ3v) is 7.62. The number of fused-ring (bicyclic) bond motifs is 1. The second kappa shape index (κ2) is 9.92. The lowest BCUT2D eigenvalue weighted by Gasteiger charge is -2.42. The summed E-state index contributed by atoms with van der Waals surface area (Å²) in [5.41, 5.74) is 2.29. The first kappa shape index (κ1) is 22.5. The maximum atomic E-state index is 12.9. The van der Waals surface area contributed by atoms with Gasteiger partial charge in [-0.15, -0.1) is 0 Å². The van der Waals surface area contributed by atoms with Gasteiger partial charge in [-0.25, -0.2) is 0 Å². The molecule has 6 nitrogen and oxygen atoms in total. The highest BCUT2D eigenvalue weighted by atomic mass is 35.5. The van der Waals surface area contributed by atoms with Crippen molar-refractivity contribution in [2.45, 2.75) is 50.1 Å². The molecule has 0 saturated carbocycles. The van der Waals surface area contributed by atoms with Gasteiger partial charge in [-0.3, -0.25) is 4.79 Å². The fourth-order valence-corrected chi connectivity index (χ4v) is 5.54. The summed E-state index contributed by atoms with van der Waals surface area (Å²) in [6, 6.07) is 14.7. The van der Waals surface area contributed by atoms with Crippen molar-refractivity contribution in [3.05, 3.63) is 58.6 Å². The molecule has 0 aliphatic carbocycles. The van der Waals surface area contributed by atoms with Gasteiger partial charge in [0.25, 0.3) is 0 Å². The molecule has 0 spiro atoms. The van der Waals surface area contributed by atoms with E-state index < -0.39 is 0 Å². The number of ether oxygens (including phenoxy) is 3. The maximum absolute atomic E-state index is 12.9. The summed E-state index contributed by atoms with van der Waals surface area (Å²) >= 11 is 6.40. The molecule has 2 saturated heterocycles. The molecule has 0 aromatic heterocycles. The fourth-order valence-electron chi connectivity index (χ4n) is 5.32. The molecule has 3 aliphatic rings. The number of hydrogen-bond acceptors (Lipinski definition) is 5. The molecule has 3 heterocycles. The summed E-state index contributed by atoms with van der Waals surface area (Å²) < 4.78 is 16.5. The molecule has 176 valence electrons. The van der Waals surface area contributed by atoms with Crippen LogP contribution in [0, 0.1) is 0 Å². The Balaban J connectivity index is 1.21. The monoisotopic (exact) mass is 470 g/mol. The molecular formula is C26H31ClN2O4. The number of rotatable bonds is 8. The Labute approximate surface area is 200 Å². The Morgan fingerprint density at radius 2 is 1.85 bits per heavy atom. The summed E-state index contributed by atoms with van der Waals surface area (Å²) in [7, 11) is 0. The molecule has 2 aromatic rings. The number of carbonyl (C=O) groups excluding carboxylic acids is 1. The first-order valence-electron chi connectivity index (χ1n) is 11.9. The number of nitrogens with one attached hydrogen (secondary N) is 1. The highest BCUT2D eigenvalue weighted by molar-refractivity contribution is 6.31. The molecule has 2 aromatic carbocycles. The normalized spacial score (nSPS) is 21.5. The van der Waals surface area contributed by atoms with E-state index in [-0.39, 0.29) is 24.2 Å². The van der Waals surface area contributed by atoms with Crippen molar-refractivity contribution in [1.82, 2.24) is 10.2 Å². The largest absolute Gasteiger partial charge is 0.454 e. The van der Waals surface area contributed by atoms with E-state index in [1.807, 2.05) is 12.1 Å². The molecule has 3 aliphatic heterocycles. The van der Waals surface area contributed by atoms with E-state index >= 15 is 0 Å². The third kappa shape index (κ3) is 4.84. The first-order valence-corrected chi connectivity index (χ1v) is 12.2.